The van der Waals surface area contributed by atoms with Gasteiger partial charge in [-0.15, -0.1) is 11.3 Å². The van der Waals surface area contributed by atoms with Gasteiger partial charge in [-0.05, 0) is 49.4 Å². The molecule has 1 fully saturated rings. The molecule has 8 heteroatoms. The van der Waals surface area contributed by atoms with Gasteiger partial charge in [0.2, 0.25) is 0 Å². The highest BCUT2D eigenvalue weighted by Gasteiger charge is 2.26. The van der Waals surface area contributed by atoms with E-state index < -0.39 is 0 Å². The maximum Gasteiger partial charge on any atom is 0.264 e. The van der Waals surface area contributed by atoms with Crippen LogP contribution in [0.4, 0.5) is 0 Å². The van der Waals surface area contributed by atoms with Gasteiger partial charge in [-0.2, -0.15) is 0 Å². The Kier molecular flexibility index (Phi) is 6.54. The third-order valence-corrected chi connectivity index (χ3v) is 8.23. The average molecular weight is 485 g/mol. The summed E-state index contributed by atoms with van der Waals surface area (Å²) in [4.78, 5) is 37.3. The Bertz CT molecular complexity index is 1230. The van der Waals surface area contributed by atoms with Crippen molar-refractivity contribution in [3.63, 3.8) is 0 Å². The van der Waals surface area contributed by atoms with Gasteiger partial charge in [-0.25, -0.2) is 4.98 Å². The minimum absolute atomic E-state index is 0.0229. The molecule has 0 atom stereocenters. The highest BCUT2D eigenvalue weighted by Crippen LogP contribution is 2.30. The summed E-state index contributed by atoms with van der Waals surface area (Å²) in [5.41, 5.74) is 2.04. The topological polar surface area (TPSA) is 58.4 Å². The Morgan fingerprint density at radius 3 is 2.67 bits per heavy atom. The fraction of sp³-hybridized carbons (Fsp3) is 0.480. The number of benzene rings is 1. The molecule has 0 unspecified atom stereocenters. The van der Waals surface area contributed by atoms with Crippen molar-refractivity contribution in [3.8, 4) is 0 Å². The van der Waals surface area contributed by atoms with E-state index in [0.717, 1.165) is 81.2 Å². The van der Waals surface area contributed by atoms with Gasteiger partial charge in [0.25, 0.3) is 11.5 Å². The van der Waals surface area contributed by atoms with Crippen molar-refractivity contribution in [2.45, 2.75) is 52.1 Å². The van der Waals surface area contributed by atoms with Gasteiger partial charge in [-0.1, -0.05) is 30.2 Å². The quantitative estimate of drug-likeness (QED) is 0.549. The van der Waals surface area contributed by atoms with Gasteiger partial charge in [0.1, 0.15) is 10.7 Å². The zero-order valence-corrected chi connectivity index (χ0v) is 20.6. The molecule has 2 aromatic heterocycles. The zero-order chi connectivity index (χ0) is 22.9. The molecule has 4 heterocycles. The third kappa shape index (κ3) is 4.59. The lowest BCUT2D eigenvalue weighted by molar-refractivity contribution is 0.0765. The Balaban J connectivity index is 1.35. The fourth-order valence-corrected chi connectivity index (χ4v) is 6.22. The fourth-order valence-electron chi connectivity index (χ4n) is 4.94. The number of hydrogen-bond donors (Lipinski definition) is 0. The van der Waals surface area contributed by atoms with Crippen molar-refractivity contribution < 1.29 is 4.79 Å². The van der Waals surface area contributed by atoms with Crippen LogP contribution >= 0.6 is 22.9 Å². The highest BCUT2D eigenvalue weighted by molar-refractivity contribution is 7.20. The lowest BCUT2D eigenvalue weighted by atomic mass is 10.2. The van der Waals surface area contributed by atoms with E-state index in [0.29, 0.717) is 21.6 Å². The third-order valence-electron chi connectivity index (χ3n) is 6.80. The minimum atomic E-state index is 0.0229. The summed E-state index contributed by atoms with van der Waals surface area (Å²) in [6.45, 7) is 6.68. The number of fused-ring (bicyclic) bond motifs is 2. The van der Waals surface area contributed by atoms with E-state index in [2.05, 4.69) is 17.0 Å². The maximum absolute atomic E-state index is 13.5. The first-order chi connectivity index (χ1) is 16.0. The minimum Gasteiger partial charge on any atom is -0.337 e. The van der Waals surface area contributed by atoms with Crippen LogP contribution in [0.2, 0.25) is 5.02 Å². The summed E-state index contributed by atoms with van der Waals surface area (Å²) in [7, 11) is 0. The Morgan fingerprint density at radius 2 is 1.85 bits per heavy atom. The zero-order valence-electron chi connectivity index (χ0n) is 19.0. The van der Waals surface area contributed by atoms with Gasteiger partial charge >= 0.3 is 0 Å². The number of amides is 1. The summed E-state index contributed by atoms with van der Waals surface area (Å²) in [5, 5.41) is 1.38. The Hall–Kier alpha value is -2.22. The first-order valence-corrected chi connectivity index (χ1v) is 13.0. The standard InChI is InChI=1S/C25H29ClN4O2S/c1-17-21-23(27-20-6-3-2-4-13-30(20)24(21)31)33-22(17)25(32)29-12-5-11-28(14-15-29)16-18-7-9-19(26)10-8-18/h7-10H,2-6,11-16H2,1H3. The molecule has 1 aromatic carbocycles. The lowest BCUT2D eigenvalue weighted by Crippen LogP contribution is -2.35. The van der Waals surface area contributed by atoms with Crippen LogP contribution in [0.25, 0.3) is 10.2 Å². The Labute approximate surface area is 202 Å². The molecule has 6 nitrogen and oxygen atoms in total. The van der Waals surface area contributed by atoms with Gasteiger partial charge in [0.15, 0.2) is 0 Å². The van der Waals surface area contributed by atoms with E-state index in [1.54, 1.807) is 0 Å². The van der Waals surface area contributed by atoms with Crippen molar-refractivity contribution in [3.05, 3.63) is 61.5 Å². The molecule has 0 saturated carbocycles. The first-order valence-electron chi connectivity index (χ1n) is 11.8. The number of aromatic nitrogens is 2. The van der Waals surface area contributed by atoms with E-state index in [4.69, 9.17) is 16.6 Å². The first kappa shape index (κ1) is 22.6. The molecule has 1 saturated heterocycles. The number of halogens is 1. The van der Waals surface area contributed by atoms with E-state index in [9.17, 15) is 9.59 Å². The molecule has 5 rings (SSSR count). The van der Waals surface area contributed by atoms with Gasteiger partial charge in [-0.3, -0.25) is 19.1 Å². The van der Waals surface area contributed by atoms with Crippen LogP contribution in [-0.2, 0) is 19.5 Å². The lowest BCUT2D eigenvalue weighted by Gasteiger charge is -2.22. The molecule has 0 spiro atoms. The number of thiophene rings is 1. The van der Waals surface area contributed by atoms with Crippen molar-refractivity contribution in [2.75, 3.05) is 26.2 Å². The summed E-state index contributed by atoms with van der Waals surface area (Å²) < 4.78 is 1.84. The SMILES string of the molecule is Cc1c(C(=O)N2CCCN(Cc3ccc(Cl)cc3)CC2)sc2nc3n(c(=O)c12)CCCCC3. The van der Waals surface area contributed by atoms with E-state index >= 15 is 0 Å². The monoisotopic (exact) mass is 484 g/mol. The number of hydrogen-bond acceptors (Lipinski definition) is 5. The predicted molar refractivity (Wildman–Crippen MR) is 133 cm³/mol. The molecule has 174 valence electrons. The van der Waals surface area contributed by atoms with Gasteiger partial charge < -0.3 is 4.90 Å². The molecule has 2 aliphatic rings. The molecule has 0 aliphatic carbocycles. The summed E-state index contributed by atoms with van der Waals surface area (Å²) >= 11 is 7.40. The van der Waals surface area contributed by atoms with Crippen LogP contribution in [0, 0.1) is 6.92 Å². The van der Waals surface area contributed by atoms with E-state index in [-0.39, 0.29) is 11.5 Å². The van der Waals surface area contributed by atoms with Crippen LogP contribution in [0.15, 0.2) is 29.1 Å². The maximum atomic E-state index is 13.5. The van der Waals surface area contributed by atoms with Gasteiger partial charge in [0, 0.05) is 50.7 Å². The summed E-state index contributed by atoms with van der Waals surface area (Å²) in [6.07, 6.45) is 4.96. The van der Waals surface area contributed by atoms with Gasteiger partial charge in [0.05, 0.1) is 10.3 Å². The molecule has 0 radical (unpaired) electrons. The van der Waals surface area contributed by atoms with Crippen LogP contribution < -0.4 is 5.56 Å². The summed E-state index contributed by atoms with van der Waals surface area (Å²) in [5.74, 6) is 0.904. The molecular weight excluding hydrogens is 456 g/mol. The van der Waals surface area contributed by atoms with Crippen LogP contribution in [0.3, 0.4) is 0 Å². The number of nitrogens with zero attached hydrogens (tertiary/aromatic N) is 4. The molecule has 0 N–H and O–H groups in total. The predicted octanol–water partition coefficient (Wildman–Crippen LogP) is 4.49. The van der Waals surface area contributed by atoms with E-state index in [1.165, 1.54) is 16.9 Å². The largest absolute Gasteiger partial charge is 0.337 e. The smallest absolute Gasteiger partial charge is 0.264 e. The second-order valence-electron chi connectivity index (χ2n) is 9.08. The Morgan fingerprint density at radius 1 is 1.03 bits per heavy atom. The van der Waals surface area contributed by atoms with Crippen molar-refractivity contribution in [1.29, 1.82) is 0 Å². The second-order valence-corrected chi connectivity index (χ2v) is 10.5. The number of carbonyl (C=O) groups excluding carboxylic acids is 1. The van der Waals surface area contributed by atoms with Crippen LogP contribution in [0.5, 0.6) is 0 Å². The summed E-state index contributed by atoms with van der Waals surface area (Å²) in [6, 6.07) is 7.96. The van der Waals surface area contributed by atoms with Crippen LogP contribution in [0.1, 0.15) is 52.3 Å². The number of carbonyl (C=O) groups is 1. The second kappa shape index (κ2) is 9.57. The molecule has 1 amide bonds. The van der Waals surface area contributed by atoms with Crippen molar-refractivity contribution in [1.82, 2.24) is 19.4 Å². The van der Waals surface area contributed by atoms with E-state index in [1.807, 2.05) is 28.5 Å². The molecule has 2 aliphatic heterocycles. The number of aryl methyl sites for hydroxylation is 2. The molecule has 0 bridgehead atoms. The number of rotatable bonds is 3. The normalized spacial score (nSPS) is 17.6. The average Bonchev–Trinajstić information content (AvgIpc) is 2.99. The molecular formula is C25H29ClN4O2S. The highest BCUT2D eigenvalue weighted by atomic mass is 35.5. The molecule has 3 aromatic rings. The van der Waals surface area contributed by atoms with Crippen LogP contribution in [-0.4, -0.2) is 51.4 Å². The van der Waals surface area contributed by atoms with Crippen molar-refractivity contribution >= 4 is 39.1 Å². The van der Waals surface area contributed by atoms with Crippen molar-refractivity contribution in [2.24, 2.45) is 0 Å². The molecule has 33 heavy (non-hydrogen) atoms.